The van der Waals surface area contributed by atoms with Gasteiger partial charge in [0.25, 0.3) is 0 Å². The summed E-state index contributed by atoms with van der Waals surface area (Å²) in [5.41, 5.74) is 6.57. The van der Waals surface area contributed by atoms with Gasteiger partial charge in [0.05, 0.1) is 0 Å². The van der Waals surface area contributed by atoms with Gasteiger partial charge in [-0.2, -0.15) is 0 Å². The first-order chi connectivity index (χ1) is 10.7. The third-order valence-electron chi connectivity index (χ3n) is 4.20. The van der Waals surface area contributed by atoms with Gasteiger partial charge in [-0.25, -0.2) is 0 Å². The van der Waals surface area contributed by atoms with Crippen molar-refractivity contribution in [3.63, 3.8) is 0 Å². The number of carbonyl (C=O) groups excluding carboxylic acids is 1. The van der Waals surface area contributed by atoms with Crippen LogP contribution in [0, 0.1) is 0 Å². The van der Waals surface area contributed by atoms with Crippen molar-refractivity contribution in [2.24, 2.45) is 5.73 Å². The van der Waals surface area contributed by atoms with Gasteiger partial charge in [0, 0.05) is 32.7 Å². The zero-order valence-electron chi connectivity index (χ0n) is 14.3. The Labute approximate surface area is 157 Å². The highest BCUT2D eigenvalue weighted by Crippen LogP contribution is 2.22. The van der Waals surface area contributed by atoms with Crippen LogP contribution in [0.3, 0.4) is 0 Å². The van der Waals surface area contributed by atoms with E-state index in [1.807, 2.05) is 30.3 Å². The summed E-state index contributed by atoms with van der Waals surface area (Å²) in [7, 11) is 2.13. The first-order valence-corrected chi connectivity index (χ1v) is 8.17. The van der Waals surface area contributed by atoms with Gasteiger partial charge < -0.3 is 16.0 Å². The van der Waals surface area contributed by atoms with Crippen LogP contribution in [0.2, 0.25) is 0 Å². The van der Waals surface area contributed by atoms with E-state index in [1.165, 1.54) is 0 Å². The van der Waals surface area contributed by atoms with Gasteiger partial charge in [0.15, 0.2) is 0 Å². The summed E-state index contributed by atoms with van der Waals surface area (Å²) in [4.78, 5) is 17.3. The average Bonchev–Trinajstić information content (AvgIpc) is 2.55. The van der Waals surface area contributed by atoms with Crippen LogP contribution in [0.25, 0.3) is 0 Å². The molecule has 1 aromatic carbocycles. The molecule has 1 heterocycles. The lowest BCUT2D eigenvalue weighted by Crippen LogP contribution is -2.50. The molecule has 1 unspecified atom stereocenters. The maximum Gasteiger partial charge on any atom is 0.241 e. The minimum atomic E-state index is -0.187. The third-order valence-corrected chi connectivity index (χ3v) is 4.20. The van der Waals surface area contributed by atoms with Crippen molar-refractivity contribution in [1.82, 2.24) is 15.1 Å². The standard InChI is InChI=1S/C17H28N4O.2ClH/c1-20-11-13-21(14-12-20)16(15-7-3-2-4-8-15)17(22)19-10-6-5-9-18;;/h2-4,7-8,16H,5-6,9-14,18H2,1H3,(H,19,22);2*1H. The van der Waals surface area contributed by atoms with Crippen molar-refractivity contribution < 1.29 is 4.79 Å². The molecule has 0 radical (unpaired) electrons. The normalized spacial score (nSPS) is 16.6. The van der Waals surface area contributed by atoms with Gasteiger partial charge in [-0.05, 0) is 32.0 Å². The van der Waals surface area contributed by atoms with E-state index in [0.717, 1.165) is 44.6 Å². The molecule has 24 heavy (non-hydrogen) atoms. The first-order valence-electron chi connectivity index (χ1n) is 8.17. The molecule has 1 amide bonds. The van der Waals surface area contributed by atoms with Crippen LogP contribution < -0.4 is 11.1 Å². The number of unbranched alkanes of at least 4 members (excludes halogenated alkanes) is 1. The van der Waals surface area contributed by atoms with Gasteiger partial charge in [0.1, 0.15) is 6.04 Å². The van der Waals surface area contributed by atoms with Gasteiger partial charge in [-0.1, -0.05) is 30.3 Å². The zero-order chi connectivity index (χ0) is 15.8. The maximum absolute atomic E-state index is 12.7. The van der Waals surface area contributed by atoms with Crippen LogP contribution in [0.1, 0.15) is 24.4 Å². The SMILES string of the molecule is CN1CCN(C(C(=O)NCCCCN)c2ccccc2)CC1.Cl.Cl. The number of rotatable bonds is 7. The highest BCUT2D eigenvalue weighted by Gasteiger charge is 2.29. The monoisotopic (exact) mass is 376 g/mol. The predicted molar refractivity (Wildman–Crippen MR) is 104 cm³/mol. The maximum atomic E-state index is 12.7. The number of piperazine rings is 1. The van der Waals surface area contributed by atoms with E-state index >= 15 is 0 Å². The predicted octanol–water partition coefficient (Wildman–Crippen LogP) is 1.67. The number of nitrogens with two attached hydrogens (primary N) is 1. The second kappa shape index (κ2) is 12.5. The summed E-state index contributed by atoms with van der Waals surface area (Å²) in [6.45, 7) is 5.23. The summed E-state index contributed by atoms with van der Waals surface area (Å²) in [5.74, 6) is 0.104. The molecule has 0 saturated carbocycles. The zero-order valence-corrected chi connectivity index (χ0v) is 16.0. The van der Waals surface area contributed by atoms with Crippen LogP contribution in [0.15, 0.2) is 30.3 Å². The van der Waals surface area contributed by atoms with Crippen LogP contribution in [-0.4, -0.2) is 62.0 Å². The van der Waals surface area contributed by atoms with Crippen LogP contribution in [-0.2, 0) is 4.79 Å². The van der Waals surface area contributed by atoms with E-state index in [9.17, 15) is 4.79 Å². The summed E-state index contributed by atoms with van der Waals surface area (Å²) in [6, 6.07) is 9.89. The molecule has 1 aliphatic heterocycles. The molecule has 0 bridgehead atoms. The molecule has 1 atom stereocenters. The number of carbonyl (C=O) groups is 1. The van der Waals surface area contributed by atoms with E-state index in [-0.39, 0.29) is 36.8 Å². The summed E-state index contributed by atoms with van der Waals surface area (Å²) in [6.07, 6.45) is 1.89. The molecule has 1 saturated heterocycles. The van der Waals surface area contributed by atoms with Crippen molar-refractivity contribution in [1.29, 1.82) is 0 Å². The van der Waals surface area contributed by atoms with Gasteiger partial charge in [0.2, 0.25) is 5.91 Å². The Balaban J connectivity index is 0.00000264. The van der Waals surface area contributed by atoms with Gasteiger partial charge >= 0.3 is 0 Å². The highest BCUT2D eigenvalue weighted by molar-refractivity contribution is 5.85. The summed E-state index contributed by atoms with van der Waals surface area (Å²) < 4.78 is 0. The van der Waals surface area contributed by atoms with E-state index < -0.39 is 0 Å². The number of amides is 1. The van der Waals surface area contributed by atoms with Crippen LogP contribution in [0.5, 0.6) is 0 Å². The van der Waals surface area contributed by atoms with Crippen molar-refractivity contribution >= 4 is 30.7 Å². The molecule has 2 rings (SSSR count). The number of benzene rings is 1. The number of nitrogens with zero attached hydrogens (tertiary/aromatic N) is 2. The minimum Gasteiger partial charge on any atom is -0.354 e. The van der Waals surface area contributed by atoms with E-state index in [2.05, 4.69) is 22.2 Å². The fraction of sp³-hybridized carbons (Fsp3) is 0.588. The molecule has 0 spiro atoms. The molecule has 5 nitrogen and oxygen atoms in total. The molecule has 0 aliphatic carbocycles. The molecule has 1 aliphatic rings. The molecule has 0 aromatic heterocycles. The first kappa shape index (κ1) is 23.1. The van der Waals surface area contributed by atoms with Crippen molar-refractivity contribution in [2.75, 3.05) is 46.3 Å². The second-order valence-electron chi connectivity index (χ2n) is 5.94. The fourth-order valence-electron chi connectivity index (χ4n) is 2.82. The Morgan fingerprint density at radius 1 is 1.12 bits per heavy atom. The van der Waals surface area contributed by atoms with E-state index in [0.29, 0.717) is 13.1 Å². The van der Waals surface area contributed by atoms with Crippen molar-refractivity contribution in [3.8, 4) is 0 Å². The fourth-order valence-corrected chi connectivity index (χ4v) is 2.82. The largest absolute Gasteiger partial charge is 0.354 e. The molecule has 1 fully saturated rings. The highest BCUT2D eigenvalue weighted by atomic mass is 35.5. The lowest BCUT2D eigenvalue weighted by Gasteiger charge is -2.37. The lowest BCUT2D eigenvalue weighted by atomic mass is 10.0. The molecule has 7 heteroatoms. The molecular formula is C17H30Cl2N4O. The average molecular weight is 377 g/mol. The number of nitrogens with one attached hydrogen (secondary N) is 1. The third kappa shape index (κ3) is 6.95. The second-order valence-corrected chi connectivity index (χ2v) is 5.94. The summed E-state index contributed by atoms with van der Waals surface area (Å²) >= 11 is 0. The Morgan fingerprint density at radius 2 is 1.75 bits per heavy atom. The minimum absolute atomic E-state index is 0. The molecule has 138 valence electrons. The summed E-state index contributed by atoms with van der Waals surface area (Å²) in [5, 5.41) is 3.07. The van der Waals surface area contributed by atoms with Crippen LogP contribution >= 0.6 is 24.8 Å². The van der Waals surface area contributed by atoms with Gasteiger partial charge in [-0.15, -0.1) is 24.8 Å². The quantitative estimate of drug-likeness (QED) is 0.710. The number of halogens is 2. The Kier molecular flexibility index (Phi) is 12.1. The smallest absolute Gasteiger partial charge is 0.241 e. The molecule has 3 N–H and O–H groups in total. The lowest BCUT2D eigenvalue weighted by molar-refractivity contribution is -0.127. The van der Waals surface area contributed by atoms with Crippen LogP contribution in [0.4, 0.5) is 0 Å². The Bertz CT molecular complexity index is 453. The Morgan fingerprint density at radius 3 is 2.33 bits per heavy atom. The topological polar surface area (TPSA) is 61.6 Å². The van der Waals surface area contributed by atoms with E-state index in [1.54, 1.807) is 0 Å². The number of hydrogen-bond donors (Lipinski definition) is 2. The van der Waals surface area contributed by atoms with E-state index in [4.69, 9.17) is 5.73 Å². The number of hydrogen-bond acceptors (Lipinski definition) is 4. The number of likely N-dealkylation sites (N-methyl/N-ethyl adjacent to an activating group) is 1. The Hall–Kier alpha value is -0.850. The molecule has 1 aromatic rings. The van der Waals surface area contributed by atoms with Crippen molar-refractivity contribution in [3.05, 3.63) is 35.9 Å². The molecular weight excluding hydrogens is 347 g/mol. The van der Waals surface area contributed by atoms with Crippen molar-refractivity contribution in [2.45, 2.75) is 18.9 Å². The van der Waals surface area contributed by atoms with Gasteiger partial charge in [-0.3, -0.25) is 9.69 Å².